The molecule has 1 unspecified atom stereocenters. The molecule has 1 aromatic rings. The number of rotatable bonds is 4. The van der Waals surface area contributed by atoms with E-state index in [1.54, 1.807) is 13.8 Å². The monoisotopic (exact) mass is 314 g/mol. The smallest absolute Gasteiger partial charge is 0.313 e. The van der Waals surface area contributed by atoms with Gasteiger partial charge in [-0.2, -0.15) is 9.78 Å². The molecule has 0 amide bonds. The van der Waals surface area contributed by atoms with Crippen molar-refractivity contribution < 1.29 is 17.9 Å². The summed E-state index contributed by atoms with van der Waals surface area (Å²) in [5.41, 5.74) is -1.04. The third-order valence-electron chi connectivity index (χ3n) is 1.71. The van der Waals surface area contributed by atoms with Crippen molar-refractivity contribution in [3.63, 3.8) is 0 Å². The topological polar surface area (TPSA) is 44.1 Å². The lowest BCUT2D eigenvalue weighted by atomic mass is 10.4. The lowest BCUT2D eigenvalue weighted by Crippen LogP contribution is -2.30. The molecule has 0 spiro atoms. The van der Waals surface area contributed by atoms with Gasteiger partial charge in [-0.25, -0.2) is 13.2 Å². The summed E-state index contributed by atoms with van der Waals surface area (Å²) in [6.45, 7) is 3.30. The first-order valence-corrected chi connectivity index (χ1v) is 5.50. The number of halogens is 4. The maximum absolute atomic E-state index is 13.0. The Balaban J connectivity index is 3.24. The van der Waals surface area contributed by atoms with Crippen LogP contribution >= 0.6 is 15.9 Å². The van der Waals surface area contributed by atoms with E-state index in [0.717, 1.165) is 6.20 Å². The highest BCUT2D eigenvalue weighted by Crippen LogP contribution is 2.22. The van der Waals surface area contributed by atoms with Gasteiger partial charge >= 0.3 is 5.56 Å². The van der Waals surface area contributed by atoms with Gasteiger partial charge in [0.1, 0.15) is 0 Å². The van der Waals surface area contributed by atoms with E-state index in [0.29, 0.717) is 0 Å². The van der Waals surface area contributed by atoms with Crippen LogP contribution in [0.5, 0.6) is 5.75 Å². The summed E-state index contributed by atoms with van der Waals surface area (Å²) in [7, 11) is 0. The van der Waals surface area contributed by atoms with E-state index in [2.05, 4.69) is 21.0 Å². The Morgan fingerprint density at radius 2 is 2.00 bits per heavy atom. The predicted molar refractivity (Wildman–Crippen MR) is 58.1 cm³/mol. The molecule has 96 valence electrons. The molecule has 17 heavy (non-hydrogen) atoms. The van der Waals surface area contributed by atoms with Crippen LogP contribution in [-0.4, -0.2) is 22.3 Å². The number of hydrogen-bond donors (Lipinski definition) is 0. The number of hydrogen-bond acceptors (Lipinski definition) is 3. The van der Waals surface area contributed by atoms with Gasteiger partial charge in [-0.15, -0.1) is 0 Å². The van der Waals surface area contributed by atoms with Gasteiger partial charge in [0.05, 0.1) is 16.8 Å². The Morgan fingerprint density at radius 3 is 2.47 bits per heavy atom. The summed E-state index contributed by atoms with van der Waals surface area (Å²) >= 11 is 2.99. The zero-order chi connectivity index (χ0) is 13.2. The SMILES string of the molecule is CC(C)Oc1c(Br)cnn(C(F)C(F)F)c1=O. The molecule has 4 nitrogen and oxygen atoms in total. The molecule has 0 aliphatic rings. The maximum Gasteiger partial charge on any atom is 0.313 e. The van der Waals surface area contributed by atoms with E-state index in [1.807, 2.05) is 0 Å². The van der Waals surface area contributed by atoms with Crippen LogP contribution < -0.4 is 10.3 Å². The zero-order valence-electron chi connectivity index (χ0n) is 9.03. The standard InChI is InChI=1S/C9H10BrF3N2O2/c1-4(2)17-6-5(10)3-14-15(9(6)16)8(13)7(11)12/h3-4,7-8H,1-2H3. The molecular weight excluding hydrogens is 305 g/mol. The molecule has 0 aliphatic carbocycles. The van der Waals surface area contributed by atoms with E-state index in [4.69, 9.17) is 4.74 Å². The van der Waals surface area contributed by atoms with Crippen LogP contribution in [0.2, 0.25) is 0 Å². The highest BCUT2D eigenvalue weighted by Gasteiger charge is 2.26. The second-order valence-corrected chi connectivity index (χ2v) is 4.30. The average Bonchev–Trinajstić information content (AvgIpc) is 2.23. The highest BCUT2D eigenvalue weighted by atomic mass is 79.9. The summed E-state index contributed by atoms with van der Waals surface area (Å²) < 4.78 is 42.7. The molecular formula is C9H10BrF3N2O2. The van der Waals surface area contributed by atoms with E-state index >= 15 is 0 Å². The van der Waals surface area contributed by atoms with E-state index in [1.165, 1.54) is 0 Å². The molecule has 1 rings (SSSR count). The zero-order valence-corrected chi connectivity index (χ0v) is 10.6. The van der Waals surface area contributed by atoms with Gasteiger partial charge in [-0.1, -0.05) is 0 Å². The second kappa shape index (κ2) is 5.52. The molecule has 0 N–H and O–H groups in total. The third kappa shape index (κ3) is 3.21. The van der Waals surface area contributed by atoms with Gasteiger partial charge in [-0.3, -0.25) is 4.79 Å². The molecule has 0 aliphatic heterocycles. The van der Waals surface area contributed by atoms with E-state index in [-0.39, 0.29) is 21.0 Å². The molecule has 0 radical (unpaired) electrons. The number of alkyl halides is 3. The minimum absolute atomic E-state index is 0.0626. The average molecular weight is 315 g/mol. The van der Waals surface area contributed by atoms with Crippen LogP contribution in [0.4, 0.5) is 13.2 Å². The van der Waals surface area contributed by atoms with Gasteiger partial charge in [0, 0.05) is 0 Å². The fraction of sp³-hybridized carbons (Fsp3) is 0.556. The lowest BCUT2D eigenvalue weighted by Gasteiger charge is -2.14. The molecule has 1 heterocycles. The Labute approximate surface area is 104 Å². The van der Waals surface area contributed by atoms with Crippen LogP contribution in [-0.2, 0) is 0 Å². The van der Waals surface area contributed by atoms with Crippen molar-refractivity contribution in [2.75, 3.05) is 0 Å². The van der Waals surface area contributed by atoms with Gasteiger partial charge in [0.15, 0.2) is 0 Å². The predicted octanol–water partition coefficient (Wildman–Crippen LogP) is 2.53. The first-order valence-electron chi connectivity index (χ1n) is 4.70. The molecule has 0 bridgehead atoms. The van der Waals surface area contributed by atoms with Crippen LogP contribution in [0.3, 0.4) is 0 Å². The molecule has 0 aromatic carbocycles. The number of ether oxygens (including phenoxy) is 1. The molecule has 1 aromatic heterocycles. The van der Waals surface area contributed by atoms with Gasteiger partial charge in [-0.05, 0) is 29.8 Å². The summed E-state index contributed by atoms with van der Waals surface area (Å²) in [6.07, 6.45) is -5.42. The highest BCUT2D eigenvalue weighted by molar-refractivity contribution is 9.10. The lowest BCUT2D eigenvalue weighted by molar-refractivity contribution is -0.00303. The van der Waals surface area contributed by atoms with Crippen molar-refractivity contribution in [3.05, 3.63) is 21.0 Å². The first kappa shape index (κ1) is 14.0. The van der Waals surface area contributed by atoms with Crippen molar-refractivity contribution >= 4 is 15.9 Å². The third-order valence-corrected chi connectivity index (χ3v) is 2.27. The summed E-state index contributed by atoms with van der Waals surface area (Å²) in [5.74, 6) is -0.238. The van der Waals surface area contributed by atoms with Gasteiger partial charge in [0.2, 0.25) is 5.75 Å². The molecule has 0 saturated heterocycles. The van der Waals surface area contributed by atoms with Crippen molar-refractivity contribution in [1.82, 2.24) is 9.78 Å². The van der Waals surface area contributed by atoms with Gasteiger partial charge < -0.3 is 4.74 Å². The fourth-order valence-electron chi connectivity index (χ4n) is 1.05. The maximum atomic E-state index is 13.0. The van der Waals surface area contributed by atoms with Crippen molar-refractivity contribution in [2.45, 2.75) is 32.7 Å². The molecule has 0 fully saturated rings. The van der Waals surface area contributed by atoms with Crippen LogP contribution in [0, 0.1) is 0 Å². The summed E-state index contributed by atoms with van der Waals surface area (Å²) in [5, 5.41) is 3.29. The largest absolute Gasteiger partial charge is 0.484 e. The first-order chi connectivity index (χ1) is 7.84. The molecule has 8 heteroatoms. The Bertz CT molecular complexity index is 450. The van der Waals surface area contributed by atoms with Gasteiger partial charge in [0.25, 0.3) is 12.7 Å². The summed E-state index contributed by atoms with van der Waals surface area (Å²) in [4.78, 5) is 11.6. The van der Waals surface area contributed by atoms with Crippen molar-refractivity contribution in [1.29, 1.82) is 0 Å². The second-order valence-electron chi connectivity index (χ2n) is 3.45. The van der Waals surface area contributed by atoms with Crippen LogP contribution in [0.1, 0.15) is 20.1 Å². The fourth-order valence-corrected chi connectivity index (χ4v) is 1.41. The van der Waals surface area contributed by atoms with E-state index in [9.17, 15) is 18.0 Å². The van der Waals surface area contributed by atoms with Crippen molar-refractivity contribution in [3.8, 4) is 5.75 Å². The van der Waals surface area contributed by atoms with E-state index < -0.39 is 18.3 Å². The van der Waals surface area contributed by atoms with Crippen LogP contribution in [0.15, 0.2) is 15.5 Å². The Morgan fingerprint density at radius 1 is 1.41 bits per heavy atom. The summed E-state index contributed by atoms with van der Waals surface area (Å²) in [6, 6.07) is 0. The minimum Gasteiger partial charge on any atom is -0.484 e. The minimum atomic E-state index is -3.33. The van der Waals surface area contributed by atoms with Crippen molar-refractivity contribution in [2.24, 2.45) is 0 Å². The Hall–Kier alpha value is -1.05. The molecule has 0 saturated carbocycles. The van der Waals surface area contributed by atoms with Crippen LogP contribution in [0.25, 0.3) is 0 Å². The number of nitrogens with zero attached hydrogens (tertiary/aromatic N) is 2. The normalized spacial score (nSPS) is 13.2. The quantitative estimate of drug-likeness (QED) is 0.857. The number of aromatic nitrogens is 2. The Kier molecular flexibility index (Phi) is 4.55. The molecule has 1 atom stereocenters.